The van der Waals surface area contributed by atoms with Crippen molar-refractivity contribution in [2.45, 2.75) is 64.7 Å². The predicted octanol–water partition coefficient (Wildman–Crippen LogP) is 6.40. The van der Waals surface area contributed by atoms with Crippen molar-refractivity contribution in [1.82, 2.24) is 5.16 Å². The van der Waals surface area contributed by atoms with Crippen LogP contribution in [0.15, 0.2) is 81.5 Å². The lowest BCUT2D eigenvalue weighted by Gasteiger charge is -2.27. The molecule has 6 heteroatoms. The first-order chi connectivity index (χ1) is 18.3. The fourth-order valence-electron chi connectivity index (χ4n) is 5.64. The van der Waals surface area contributed by atoms with Gasteiger partial charge in [-0.05, 0) is 35.3 Å². The van der Waals surface area contributed by atoms with Gasteiger partial charge in [-0.1, -0.05) is 79.7 Å². The second kappa shape index (κ2) is 10.9. The summed E-state index contributed by atoms with van der Waals surface area (Å²) < 4.78 is 5.51. The van der Waals surface area contributed by atoms with E-state index in [2.05, 4.69) is 17.3 Å². The minimum absolute atomic E-state index is 0.0142. The van der Waals surface area contributed by atoms with Gasteiger partial charge in [0.05, 0.1) is 16.8 Å². The molecule has 0 spiro atoms. The van der Waals surface area contributed by atoms with E-state index in [-0.39, 0.29) is 35.1 Å². The zero-order valence-corrected chi connectivity index (χ0v) is 22.1. The van der Waals surface area contributed by atoms with E-state index in [0.29, 0.717) is 67.0 Å². The molecule has 1 heterocycles. The minimum Gasteiger partial charge on any atom is -0.511 e. The second-order valence-electron chi connectivity index (χ2n) is 11.2. The largest absolute Gasteiger partial charge is 0.511 e. The zero-order valence-electron chi connectivity index (χ0n) is 22.1. The number of fused-ring (bicyclic) bond motifs is 1. The topological polar surface area (TPSA) is 92.8 Å². The van der Waals surface area contributed by atoms with Gasteiger partial charge in [-0.15, -0.1) is 0 Å². The van der Waals surface area contributed by atoms with E-state index < -0.39 is 0 Å². The summed E-state index contributed by atoms with van der Waals surface area (Å²) in [5.74, 6) is 0.596. The number of carbonyl (C=O) groups excluding carboxylic acids is 2. The third kappa shape index (κ3) is 5.69. The van der Waals surface area contributed by atoms with Crippen molar-refractivity contribution in [3.05, 3.63) is 100 Å². The third-order valence-electron chi connectivity index (χ3n) is 7.53. The summed E-state index contributed by atoms with van der Waals surface area (Å²) in [6, 6.07) is 20.1. The lowest BCUT2D eigenvalue weighted by atomic mass is 9.76. The highest BCUT2D eigenvalue weighted by Crippen LogP contribution is 2.37. The molecule has 1 aromatic heterocycles. The standard InChI is InChI=1S/C32H34N2O4/c1-32(2)19-28(37)31-24(34-38-29(31)20-32)13-14-26(35)30-25(33-16-15-21-9-5-3-6-10-21)17-23(18-27(30)36)22-11-7-4-8-12-22/h3-12,23,35H,13-20H2,1-2H3/b30-26+,33-25?. The van der Waals surface area contributed by atoms with Crippen molar-refractivity contribution in [1.29, 1.82) is 0 Å². The van der Waals surface area contributed by atoms with Crippen LogP contribution in [-0.4, -0.2) is 34.1 Å². The molecule has 1 fully saturated rings. The fraction of sp³-hybridized carbons (Fsp3) is 0.375. The first kappa shape index (κ1) is 25.8. The van der Waals surface area contributed by atoms with Crippen LogP contribution in [0.25, 0.3) is 0 Å². The van der Waals surface area contributed by atoms with Crippen LogP contribution in [0.3, 0.4) is 0 Å². The summed E-state index contributed by atoms with van der Waals surface area (Å²) in [5, 5.41) is 15.3. The van der Waals surface area contributed by atoms with E-state index in [4.69, 9.17) is 9.52 Å². The maximum atomic E-state index is 13.4. The number of aliphatic hydroxyl groups is 1. The number of Topliss-reactive ketones (excluding diaryl/α,β-unsaturated/α-hetero) is 2. The molecule has 38 heavy (non-hydrogen) atoms. The predicted molar refractivity (Wildman–Crippen MR) is 147 cm³/mol. The Morgan fingerprint density at radius 1 is 0.974 bits per heavy atom. The van der Waals surface area contributed by atoms with Crippen LogP contribution in [0.5, 0.6) is 0 Å². The van der Waals surface area contributed by atoms with E-state index in [1.54, 1.807) is 0 Å². The monoisotopic (exact) mass is 510 g/mol. The fourth-order valence-corrected chi connectivity index (χ4v) is 5.64. The van der Waals surface area contributed by atoms with Crippen LogP contribution >= 0.6 is 0 Å². The summed E-state index contributed by atoms with van der Waals surface area (Å²) in [6.07, 6.45) is 3.30. The van der Waals surface area contributed by atoms with Gasteiger partial charge in [0.25, 0.3) is 0 Å². The number of aliphatic imine (C=N–C) groups is 1. The number of aliphatic hydroxyl groups excluding tert-OH is 1. The number of ketones is 2. The summed E-state index contributed by atoms with van der Waals surface area (Å²) in [6.45, 7) is 4.62. The SMILES string of the molecule is CC1(C)CC(=O)c2c(CC/C(O)=C3\C(=O)CC(c4ccccc4)CC3=NCCc3ccccc3)noc2C1. The summed E-state index contributed by atoms with van der Waals surface area (Å²) in [4.78, 5) is 31.0. The molecule has 3 aromatic rings. The Labute approximate surface area is 223 Å². The van der Waals surface area contributed by atoms with E-state index >= 15 is 0 Å². The van der Waals surface area contributed by atoms with E-state index in [0.717, 1.165) is 12.0 Å². The van der Waals surface area contributed by atoms with Crippen LogP contribution in [0.1, 0.15) is 78.4 Å². The summed E-state index contributed by atoms with van der Waals surface area (Å²) in [5.41, 5.74) is 4.22. The molecular weight excluding hydrogens is 476 g/mol. The number of allylic oxidation sites excluding steroid dienone is 2. The van der Waals surface area contributed by atoms with Gasteiger partial charge < -0.3 is 9.63 Å². The Morgan fingerprint density at radius 3 is 2.42 bits per heavy atom. The number of aryl methyl sites for hydroxylation is 1. The number of aromatic nitrogens is 1. The highest BCUT2D eigenvalue weighted by molar-refractivity contribution is 6.24. The number of hydrogen-bond acceptors (Lipinski definition) is 6. The molecule has 1 unspecified atom stereocenters. The maximum absolute atomic E-state index is 13.4. The maximum Gasteiger partial charge on any atom is 0.168 e. The number of benzene rings is 2. The lowest BCUT2D eigenvalue weighted by molar-refractivity contribution is -0.116. The molecule has 0 saturated heterocycles. The van der Waals surface area contributed by atoms with Gasteiger partial charge in [0.15, 0.2) is 11.6 Å². The number of nitrogens with zero attached hydrogens (tertiary/aromatic N) is 2. The Bertz CT molecular complexity index is 1380. The van der Waals surface area contributed by atoms with Crippen LogP contribution in [0.4, 0.5) is 0 Å². The molecule has 1 saturated carbocycles. The molecule has 6 nitrogen and oxygen atoms in total. The van der Waals surface area contributed by atoms with Crippen LogP contribution in [0.2, 0.25) is 0 Å². The van der Waals surface area contributed by atoms with Crippen LogP contribution in [-0.2, 0) is 24.1 Å². The van der Waals surface area contributed by atoms with Crippen molar-refractivity contribution >= 4 is 17.3 Å². The average Bonchev–Trinajstić information content (AvgIpc) is 3.30. The molecular formula is C32H34N2O4. The van der Waals surface area contributed by atoms with Crippen molar-refractivity contribution in [2.75, 3.05) is 6.54 Å². The van der Waals surface area contributed by atoms with Crippen LogP contribution in [0, 0.1) is 5.41 Å². The molecule has 5 rings (SSSR count). The Balaban J connectivity index is 1.38. The molecule has 2 aliphatic rings. The molecule has 196 valence electrons. The van der Waals surface area contributed by atoms with Gasteiger partial charge in [0.2, 0.25) is 0 Å². The van der Waals surface area contributed by atoms with E-state index in [9.17, 15) is 14.7 Å². The first-order valence-corrected chi connectivity index (χ1v) is 13.4. The molecule has 1 N–H and O–H groups in total. The number of rotatable bonds is 7. The third-order valence-corrected chi connectivity index (χ3v) is 7.53. The van der Waals surface area contributed by atoms with Crippen molar-refractivity contribution in [3.63, 3.8) is 0 Å². The average molecular weight is 511 g/mol. The van der Waals surface area contributed by atoms with Crippen molar-refractivity contribution in [3.8, 4) is 0 Å². The smallest absolute Gasteiger partial charge is 0.168 e. The van der Waals surface area contributed by atoms with Crippen molar-refractivity contribution < 1.29 is 19.2 Å². The second-order valence-corrected chi connectivity index (χ2v) is 11.2. The molecule has 0 bridgehead atoms. The Kier molecular flexibility index (Phi) is 7.41. The van der Waals surface area contributed by atoms with Gasteiger partial charge in [-0.2, -0.15) is 0 Å². The molecule has 0 radical (unpaired) electrons. The summed E-state index contributed by atoms with van der Waals surface area (Å²) >= 11 is 0. The first-order valence-electron chi connectivity index (χ1n) is 13.4. The van der Waals surface area contributed by atoms with Gasteiger partial charge in [-0.3, -0.25) is 14.6 Å². The highest BCUT2D eigenvalue weighted by atomic mass is 16.5. The number of hydrogen-bond donors (Lipinski definition) is 1. The Morgan fingerprint density at radius 2 is 1.68 bits per heavy atom. The summed E-state index contributed by atoms with van der Waals surface area (Å²) in [7, 11) is 0. The highest BCUT2D eigenvalue weighted by Gasteiger charge is 2.37. The molecule has 2 aromatic carbocycles. The number of carbonyl (C=O) groups is 2. The quantitative estimate of drug-likeness (QED) is 0.293. The van der Waals surface area contributed by atoms with Gasteiger partial charge in [0, 0.05) is 44.4 Å². The van der Waals surface area contributed by atoms with Gasteiger partial charge in [0.1, 0.15) is 11.5 Å². The molecule has 0 amide bonds. The van der Waals surface area contributed by atoms with E-state index in [1.165, 1.54) is 5.56 Å². The van der Waals surface area contributed by atoms with Gasteiger partial charge in [-0.25, -0.2) is 0 Å². The van der Waals surface area contributed by atoms with Crippen molar-refractivity contribution in [2.24, 2.45) is 10.4 Å². The van der Waals surface area contributed by atoms with Gasteiger partial charge >= 0.3 is 0 Å². The minimum atomic E-state index is -0.153. The Hall–Kier alpha value is -3.80. The normalized spacial score (nSPS) is 21.4. The molecule has 1 atom stereocenters. The lowest BCUT2D eigenvalue weighted by Crippen LogP contribution is -2.27. The van der Waals surface area contributed by atoms with Crippen LogP contribution < -0.4 is 0 Å². The van der Waals surface area contributed by atoms with E-state index in [1.807, 2.05) is 62.4 Å². The zero-order chi connectivity index (χ0) is 26.7. The molecule has 2 aliphatic carbocycles. The molecule has 0 aliphatic heterocycles.